The number of carbonyl (C=O) groups excluding carboxylic acids is 2. The Bertz CT molecular complexity index is 3000. The Morgan fingerprint density at radius 2 is 1.20 bits per heavy atom. The maximum atomic E-state index is 14.4. The number of benzene rings is 4. The molecular formula is C54H60FN11O4S. The molecule has 11 rings (SSSR count). The van der Waals surface area contributed by atoms with Crippen LogP contribution in [0.15, 0.2) is 103 Å². The van der Waals surface area contributed by atoms with Gasteiger partial charge in [0.2, 0.25) is 11.8 Å². The molecule has 0 saturated carbocycles. The number of ether oxygens (including phenoxy) is 2. The maximum Gasteiger partial charge on any atom is 0.230 e. The van der Waals surface area contributed by atoms with Crippen molar-refractivity contribution < 1.29 is 23.5 Å². The van der Waals surface area contributed by atoms with Crippen LogP contribution in [0.1, 0.15) is 21.6 Å². The summed E-state index contributed by atoms with van der Waals surface area (Å²) in [7, 11) is 4.21. The van der Waals surface area contributed by atoms with Gasteiger partial charge in [0.15, 0.2) is 0 Å². The Kier molecular flexibility index (Phi) is 14.6. The van der Waals surface area contributed by atoms with E-state index in [4.69, 9.17) is 9.47 Å². The first kappa shape index (κ1) is 47.9. The highest BCUT2D eigenvalue weighted by molar-refractivity contribution is 7.15. The number of thiophene rings is 1. The Morgan fingerprint density at radius 3 is 1.73 bits per heavy atom. The number of rotatable bonds is 13. The van der Waals surface area contributed by atoms with E-state index in [0.29, 0.717) is 57.2 Å². The lowest BCUT2D eigenvalue weighted by Gasteiger charge is -2.39. The molecule has 7 heterocycles. The van der Waals surface area contributed by atoms with Crippen LogP contribution in [0, 0.1) is 24.6 Å². The topological polar surface area (TPSA) is 144 Å². The van der Waals surface area contributed by atoms with E-state index < -0.39 is 0 Å². The highest BCUT2D eigenvalue weighted by Gasteiger charge is 2.33. The molecule has 0 radical (unpaired) electrons. The van der Waals surface area contributed by atoms with Gasteiger partial charge in [-0.1, -0.05) is 42.5 Å². The fourth-order valence-electron chi connectivity index (χ4n) is 9.48. The zero-order chi connectivity index (χ0) is 48.8. The van der Waals surface area contributed by atoms with Crippen LogP contribution in [0.3, 0.4) is 0 Å². The van der Waals surface area contributed by atoms with Gasteiger partial charge >= 0.3 is 0 Å². The molecule has 71 heavy (non-hydrogen) atoms. The molecule has 2 amide bonds. The molecule has 0 bridgehead atoms. The van der Waals surface area contributed by atoms with Crippen LogP contribution < -0.4 is 20.4 Å². The Hall–Kier alpha value is -6.79. The van der Waals surface area contributed by atoms with E-state index >= 15 is 0 Å². The normalized spacial score (nSPS) is 16.4. The number of aromatic nitrogens is 4. The number of nitrogens with zero attached hydrogens (tertiary/aromatic N) is 9. The molecule has 15 nitrogen and oxygen atoms in total. The van der Waals surface area contributed by atoms with Crippen LogP contribution in [0.5, 0.6) is 0 Å². The summed E-state index contributed by atoms with van der Waals surface area (Å²) in [5, 5.41) is 25.9. The number of amides is 2. The van der Waals surface area contributed by atoms with Crippen molar-refractivity contribution in [2.24, 2.45) is 11.8 Å². The first-order chi connectivity index (χ1) is 34.6. The zero-order valence-electron chi connectivity index (χ0n) is 40.5. The van der Waals surface area contributed by atoms with E-state index in [-0.39, 0.29) is 29.5 Å². The zero-order valence-corrected chi connectivity index (χ0v) is 41.3. The summed E-state index contributed by atoms with van der Waals surface area (Å²) in [5.41, 5.74) is 9.54. The molecule has 0 aliphatic carbocycles. The number of piperazine rings is 2. The summed E-state index contributed by atoms with van der Waals surface area (Å²) < 4.78 is 24.7. The van der Waals surface area contributed by atoms with Gasteiger partial charge in [-0.2, -0.15) is 20.4 Å². The fourth-order valence-corrected chi connectivity index (χ4v) is 10.5. The lowest BCUT2D eigenvalue weighted by Crippen LogP contribution is -2.53. The minimum Gasteiger partial charge on any atom is -0.380 e. The molecule has 4 saturated heterocycles. The number of anilines is 4. The predicted octanol–water partition coefficient (Wildman–Crippen LogP) is 7.31. The summed E-state index contributed by atoms with van der Waals surface area (Å²) in [6, 6.07) is 30.9. The lowest BCUT2D eigenvalue weighted by atomic mass is 10.1. The number of halogens is 1. The van der Waals surface area contributed by atoms with E-state index in [9.17, 15) is 14.0 Å². The van der Waals surface area contributed by atoms with Crippen molar-refractivity contribution in [3.05, 3.63) is 131 Å². The molecule has 4 fully saturated rings. The van der Waals surface area contributed by atoms with Gasteiger partial charge in [-0.15, -0.1) is 11.3 Å². The molecule has 368 valence electrons. The second-order valence-electron chi connectivity index (χ2n) is 18.9. The summed E-state index contributed by atoms with van der Waals surface area (Å²) in [4.78, 5) is 38.3. The monoisotopic (exact) mass is 977 g/mol. The van der Waals surface area contributed by atoms with Crippen LogP contribution in [0.25, 0.3) is 32.2 Å². The Balaban J connectivity index is 0.000000167. The Labute approximate surface area is 417 Å². The molecule has 3 aromatic heterocycles. The van der Waals surface area contributed by atoms with Crippen LogP contribution in [-0.2, 0) is 38.7 Å². The Morgan fingerprint density at radius 1 is 0.662 bits per heavy atom. The van der Waals surface area contributed by atoms with Gasteiger partial charge in [0.1, 0.15) is 5.82 Å². The van der Waals surface area contributed by atoms with Gasteiger partial charge in [0.25, 0.3) is 0 Å². The van der Waals surface area contributed by atoms with Crippen molar-refractivity contribution in [1.82, 2.24) is 35.1 Å². The van der Waals surface area contributed by atoms with Crippen molar-refractivity contribution in [2.75, 3.05) is 113 Å². The first-order valence-electron chi connectivity index (χ1n) is 24.4. The van der Waals surface area contributed by atoms with E-state index in [1.54, 1.807) is 25.3 Å². The summed E-state index contributed by atoms with van der Waals surface area (Å²) in [6.45, 7) is 12.1. The quantitative estimate of drug-likeness (QED) is 0.119. The minimum absolute atomic E-state index is 0.0349. The second-order valence-corrected chi connectivity index (χ2v) is 20.1. The van der Waals surface area contributed by atoms with Gasteiger partial charge in [0.05, 0.1) is 73.1 Å². The highest BCUT2D eigenvalue weighted by atomic mass is 32.1. The maximum absolute atomic E-state index is 14.4. The number of nitrogens with one attached hydrogen (secondary N) is 2. The summed E-state index contributed by atoms with van der Waals surface area (Å²) in [6.07, 6.45) is 3.49. The number of hydrogen-bond donors (Lipinski definition) is 2. The first-order valence-corrected chi connectivity index (χ1v) is 25.2. The van der Waals surface area contributed by atoms with E-state index in [2.05, 4.69) is 114 Å². The van der Waals surface area contributed by atoms with Crippen molar-refractivity contribution in [2.45, 2.75) is 26.6 Å². The molecule has 0 unspecified atom stereocenters. The molecular weight excluding hydrogens is 918 g/mol. The summed E-state index contributed by atoms with van der Waals surface area (Å²) in [5.74, 6) is 0.343. The van der Waals surface area contributed by atoms with Gasteiger partial charge in [-0.3, -0.25) is 9.59 Å². The van der Waals surface area contributed by atoms with Crippen molar-refractivity contribution in [3.63, 3.8) is 0 Å². The molecule has 2 N–H and O–H groups in total. The predicted molar refractivity (Wildman–Crippen MR) is 278 cm³/mol. The largest absolute Gasteiger partial charge is 0.380 e. The van der Waals surface area contributed by atoms with Crippen LogP contribution >= 0.6 is 11.3 Å². The number of fused-ring (bicyclic) bond motifs is 2. The third-order valence-electron chi connectivity index (χ3n) is 13.8. The average molecular weight is 978 g/mol. The van der Waals surface area contributed by atoms with E-state index in [1.807, 2.05) is 51.6 Å². The van der Waals surface area contributed by atoms with Crippen LogP contribution in [0.2, 0.25) is 0 Å². The van der Waals surface area contributed by atoms with Crippen LogP contribution in [-0.4, -0.2) is 140 Å². The smallest absolute Gasteiger partial charge is 0.230 e. The second kappa shape index (κ2) is 21.7. The lowest BCUT2D eigenvalue weighted by molar-refractivity contribution is -0.150. The molecule has 4 aromatic carbocycles. The molecule has 0 spiro atoms. The third kappa shape index (κ3) is 10.9. The average Bonchev–Trinajstić information content (AvgIpc) is 3.84. The third-order valence-corrected chi connectivity index (χ3v) is 14.9. The van der Waals surface area contributed by atoms with Gasteiger partial charge < -0.3 is 44.6 Å². The van der Waals surface area contributed by atoms with Gasteiger partial charge in [0, 0.05) is 109 Å². The fraction of sp³-hybridized carbons (Fsp3) is 0.370. The van der Waals surface area contributed by atoms with E-state index in [1.165, 1.54) is 20.9 Å². The highest BCUT2D eigenvalue weighted by Crippen LogP contribution is 2.34. The molecule has 0 atom stereocenters. The molecule has 17 heteroatoms. The molecule has 4 aliphatic rings. The standard InChI is InChI=1S/C30H34N6O2S.C24H26FN5O2/c1-34(2)18-21-5-3-4-6-25(21)29-10-8-24(39-29)16-31-28-17-32-33-27-9-7-23(15-26(27)28)35-11-13-36(14-12-35)30(37)22-19-38-20-22;1-16-3-2-4-17(23(16)25)12-26-22-13-27-28-21-6-5-19(11-20(21)22)29-7-9-30(10-8-29)24(31)18-14-32-15-18/h3-10,15,17,22H,11-14,16,18-20H2,1-2H3,(H,31,33);2-6,11,13,18H,7-10,12,14-15H2,1H3,(H,26,28). The van der Waals surface area contributed by atoms with E-state index in [0.717, 1.165) is 96.9 Å². The molecule has 4 aliphatic heterocycles. The van der Waals surface area contributed by atoms with Gasteiger partial charge in [-0.25, -0.2) is 4.39 Å². The number of carbonyl (C=O) groups is 2. The number of aryl methyl sites for hydroxylation is 1. The minimum atomic E-state index is -0.187. The van der Waals surface area contributed by atoms with Crippen LogP contribution in [0.4, 0.5) is 27.1 Å². The molecule has 7 aromatic rings. The summed E-state index contributed by atoms with van der Waals surface area (Å²) >= 11 is 1.82. The SMILES string of the molecule is CN(C)Cc1ccccc1-c1ccc(CNc2cnnc3ccc(N4CCN(C(=O)C5COC5)CC4)cc23)s1.Cc1cccc(CNc2cnnc3ccc(N4CCN(C(=O)C5COC5)CC4)cc23)c1F. The van der Waals surface area contributed by atoms with Gasteiger partial charge in [-0.05, 0) is 86.2 Å². The van der Waals surface area contributed by atoms with Crippen molar-refractivity contribution in [1.29, 1.82) is 0 Å². The van der Waals surface area contributed by atoms with Crippen molar-refractivity contribution in [3.8, 4) is 10.4 Å². The number of hydrogen-bond acceptors (Lipinski definition) is 14. The van der Waals surface area contributed by atoms with Crippen molar-refractivity contribution >= 4 is 67.7 Å².